The largest absolute Gasteiger partial charge is 1.00 e. The number of benzene rings is 1. The summed E-state index contributed by atoms with van der Waals surface area (Å²) in [7, 11) is -4.72. The zero-order chi connectivity index (χ0) is 11.5. The summed E-state index contributed by atoms with van der Waals surface area (Å²) in [5.74, 6) is 0.553. The summed E-state index contributed by atoms with van der Waals surface area (Å²) in [6.45, 7) is 2.30. The van der Waals surface area contributed by atoms with Crippen molar-refractivity contribution in [2.45, 2.75) is 12.4 Å². The Morgan fingerprint density at radius 3 is 2.25 bits per heavy atom. The molecule has 0 heterocycles. The Balaban J connectivity index is 0.00000225. The Morgan fingerprint density at radius 1 is 1.38 bits per heavy atom. The molecule has 0 aromatic heterocycles. The Bertz CT molecular complexity index is 414. The Kier molecular flexibility index (Phi) is 6.54. The standard InChI is InChI=1S/C9H12O5S.Na/c1-2-14-8-5-3-7(4-6-8)9(10)15(11,12)13;/h3-6,9-10H,2H2,1H3,(H,11,12,13);/q;+1/p-1. The van der Waals surface area contributed by atoms with Crippen molar-refractivity contribution < 1.29 is 52.4 Å². The first-order valence-electron chi connectivity index (χ1n) is 4.30. The number of hydrogen-bond donors (Lipinski definition) is 1. The molecule has 0 aliphatic rings. The average Bonchev–Trinajstić information content (AvgIpc) is 2.17. The number of aliphatic hydroxyl groups excluding tert-OH is 1. The molecule has 84 valence electrons. The summed E-state index contributed by atoms with van der Waals surface area (Å²) in [6.07, 6.45) is 0. The molecule has 0 saturated carbocycles. The van der Waals surface area contributed by atoms with Crippen molar-refractivity contribution in [3.63, 3.8) is 0 Å². The van der Waals surface area contributed by atoms with Crippen LogP contribution in [0, 0.1) is 0 Å². The molecule has 0 saturated heterocycles. The second kappa shape index (κ2) is 6.58. The van der Waals surface area contributed by atoms with Crippen molar-refractivity contribution >= 4 is 10.1 Å². The minimum absolute atomic E-state index is 0. The van der Waals surface area contributed by atoms with E-state index < -0.39 is 15.6 Å². The van der Waals surface area contributed by atoms with Crippen LogP contribution in [0.15, 0.2) is 24.3 Å². The van der Waals surface area contributed by atoms with Crippen LogP contribution in [0.1, 0.15) is 17.9 Å². The second-order valence-electron chi connectivity index (χ2n) is 2.85. The first-order chi connectivity index (χ1) is 6.95. The molecular formula is C9H11NaO5S. The molecule has 0 fully saturated rings. The topological polar surface area (TPSA) is 86.7 Å². The third kappa shape index (κ3) is 4.40. The number of ether oxygens (including phenoxy) is 1. The molecule has 0 radical (unpaired) electrons. The fourth-order valence-electron chi connectivity index (χ4n) is 1.06. The van der Waals surface area contributed by atoms with Gasteiger partial charge in [0, 0.05) is 0 Å². The SMILES string of the molecule is CCOc1ccc(C(O)S(=O)(=O)[O-])cc1.[Na+]. The summed E-state index contributed by atoms with van der Waals surface area (Å²) in [5, 5.41) is 9.14. The smallest absolute Gasteiger partial charge is 0.746 e. The van der Waals surface area contributed by atoms with Crippen LogP contribution in [0.2, 0.25) is 0 Å². The average molecular weight is 254 g/mol. The molecule has 0 amide bonds. The maximum atomic E-state index is 10.5. The maximum Gasteiger partial charge on any atom is 1.00 e. The monoisotopic (exact) mass is 254 g/mol. The van der Waals surface area contributed by atoms with Gasteiger partial charge in [0.25, 0.3) is 0 Å². The van der Waals surface area contributed by atoms with Gasteiger partial charge in [0.15, 0.2) is 5.44 Å². The molecule has 0 spiro atoms. The van der Waals surface area contributed by atoms with E-state index >= 15 is 0 Å². The molecule has 1 N–H and O–H groups in total. The van der Waals surface area contributed by atoms with Crippen LogP contribution in [0.3, 0.4) is 0 Å². The third-order valence-electron chi connectivity index (χ3n) is 1.75. The minimum atomic E-state index is -4.72. The molecule has 1 rings (SSSR count). The van der Waals surface area contributed by atoms with Gasteiger partial charge in [-0.25, -0.2) is 8.42 Å². The normalized spacial score (nSPS) is 12.7. The summed E-state index contributed by atoms with van der Waals surface area (Å²) in [6, 6.07) is 5.66. The van der Waals surface area contributed by atoms with Gasteiger partial charge in [0.2, 0.25) is 0 Å². The molecular weight excluding hydrogens is 243 g/mol. The molecule has 1 unspecified atom stereocenters. The van der Waals surface area contributed by atoms with Crippen LogP contribution >= 0.6 is 0 Å². The predicted octanol–water partition coefficient (Wildman–Crippen LogP) is -2.37. The molecule has 16 heavy (non-hydrogen) atoms. The van der Waals surface area contributed by atoms with E-state index in [1.165, 1.54) is 24.3 Å². The Labute approximate surface area is 116 Å². The van der Waals surface area contributed by atoms with E-state index in [1.807, 2.05) is 6.92 Å². The second-order valence-corrected chi connectivity index (χ2v) is 4.28. The van der Waals surface area contributed by atoms with Crippen molar-refractivity contribution in [3.05, 3.63) is 29.8 Å². The van der Waals surface area contributed by atoms with E-state index in [2.05, 4.69) is 0 Å². The molecule has 1 aromatic rings. The molecule has 0 bridgehead atoms. The van der Waals surface area contributed by atoms with Crippen LogP contribution in [-0.4, -0.2) is 24.7 Å². The van der Waals surface area contributed by atoms with Gasteiger partial charge in [-0.15, -0.1) is 0 Å². The van der Waals surface area contributed by atoms with E-state index in [9.17, 15) is 13.0 Å². The van der Waals surface area contributed by atoms with Crippen molar-refractivity contribution in [1.29, 1.82) is 0 Å². The van der Waals surface area contributed by atoms with Gasteiger partial charge in [-0.2, -0.15) is 0 Å². The summed E-state index contributed by atoms with van der Waals surface area (Å²) >= 11 is 0. The van der Waals surface area contributed by atoms with Gasteiger partial charge in [-0.3, -0.25) is 0 Å². The van der Waals surface area contributed by atoms with E-state index in [4.69, 9.17) is 9.84 Å². The number of rotatable bonds is 4. The van der Waals surface area contributed by atoms with Crippen LogP contribution < -0.4 is 34.3 Å². The van der Waals surface area contributed by atoms with Crippen LogP contribution in [0.4, 0.5) is 0 Å². The fourth-order valence-corrected chi connectivity index (χ4v) is 1.55. The number of hydrogen-bond acceptors (Lipinski definition) is 5. The van der Waals surface area contributed by atoms with Crippen LogP contribution in [0.25, 0.3) is 0 Å². The van der Waals surface area contributed by atoms with Gasteiger partial charge < -0.3 is 14.4 Å². The molecule has 1 aromatic carbocycles. The quantitative estimate of drug-likeness (QED) is 0.479. The first kappa shape index (κ1) is 15.9. The first-order valence-corrected chi connectivity index (χ1v) is 5.78. The molecule has 5 nitrogen and oxygen atoms in total. The Hall–Kier alpha value is -0.110. The number of aliphatic hydroxyl groups is 1. The third-order valence-corrected chi connectivity index (χ3v) is 2.57. The summed E-state index contributed by atoms with van der Waals surface area (Å²) < 4.78 is 36.6. The van der Waals surface area contributed by atoms with Crippen molar-refractivity contribution in [2.24, 2.45) is 0 Å². The fraction of sp³-hybridized carbons (Fsp3) is 0.333. The van der Waals surface area contributed by atoms with E-state index in [0.29, 0.717) is 12.4 Å². The predicted molar refractivity (Wildman–Crippen MR) is 52.3 cm³/mol. The van der Waals surface area contributed by atoms with Crippen LogP contribution in [0.5, 0.6) is 5.75 Å². The molecule has 7 heteroatoms. The summed E-state index contributed by atoms with van der Waals surface area (Å²) in [4.78, 5) is 0. The van der Waals surface area contributed by atoms with Crippen molar-refractivity contribution in [1.82, 2.24) is 0 Å². The molecule has 1 atom stereocenters. The van der Waals surface area contributed by atoms with E-state index in [1.54, 1.807) is 0 Å². The zero-order valence-electron chi connectivity index (χ0n) is 9.08. The zero-order valence-corrected chi connectivity index (χ0v) is 11.9. The van der Waals surface area contributed by atoms with Gasteiger partial charge in [-0.1, -0.05) is 12.1 Å². The maximum absolute atomic E-state index is 10.5. The van der Waals surface area contributed by atoms with Crippen molar-refractivity contribution in [3.8, 4) is 5.75 Å². The van der Waals surface area contributed by atoms with Crippen molar-refractivity contribution in [2.75, 3.05) is 6.61 Å². The van der Waals surface area contributed by atoms with Gasteiger partial charge in [0.1, 0.15) is 15.9 Å². The Morgan fingerprint density at radius 2 is 1.88 bits per heavy atom. The van der Waals surface area contributed by atoms with Gasteiger partial charge in [0.05, 0.1) is 6.61 Å². The molecule has 0 aliphatic heterocycles. The van der Waals surface area contributed by atoms with E-state index in [0.717, 1.165) is 0 Å². The van der Waals surface area contributed by atoms with Gasteiger partial charge >= 0.3 is 29.6 Å². The van der Waals surface area contributed by atoms with E-state index in [-0.39, 0.29) is 35.1 Å². The van der Waals surface area contributed by atoms with Crippen LogP contribution in [-0.2, 0) is 10.1 Å². The van der Waals surface area contributed by atoms with Gasteiger partial charge in [-0.05, 0) is 24.6 Å². The molecule has 0 aliphatic carbocycles. The summed E-state index contributed by atoms with van der Waals surface area (Å²) in [5.41, 5.74) is -1.98. The minimum Gasteiger partial charge on any atom is -0.746 e.